The van der Waals surface area contributed by atoms with E-state index in [1.165, 1.54) is 18.2 Å². The second kappa shape index (κ2) is 9.30. The zero-order valence-electron chi connectivity index (χ0n) is 22.6. The lowest BCUT2D eigenvalue weighted by atomic mass is 9.42. The minimum absolute atomic E-state index is 0.0383. The first kappa shape index (κ1) is 25.2. The van der Waals surface area contributed by atoms with Crippen LogP contribution in [0.2, 0.25) is 0 Å². The second-order valence-corrected chi connectivity index (χ2v) is 10.8. The van der Waals surface area contributed by atoms with Crippen molar-refractivity contribution >= 4 is 17.4 Å². The van der Waals surface area contributed by atoms with Gasteiger partial charge in [-0.25, -0.2) is 0 Å². The van der Waals surface area contributed by atoms with E-state index in [0.717, 1.165) is 24.2 Å². The summed E-state index contributed by atoms with van der Waals surface area (Å²) in [5.74, 6) is 0.742. The summed E-state index contributed by atoms with van der Waals surface area (Å²) in [6.07, 6.45) is 1.73. The zero-order valence-corrected chi connectivity index (χ0v) is 22.6. The molecule has 1 amide bonds. The molecule has 0 radical (unpaired) electrons. The van der Waals surface area contributed by atoms with Gasteiger partial charge in [0.05, 0.1) is 26.7 Å². The molecule has 0 spiro atoms. The average Bonchev–Trinajstić information content (AvgIpc) is 3.44. The van der Waals surface area contributed by atoms with E-state index >= 15 is 0 Å². The number of esters is 1. The number of rotatable bonds is 6. The monoisotopic (exact) mass is 523 g/mol. The number of hydrogen-bond donors (Lipinski definition) is 0. The molecule has 3 aliphatic carbocycles. The van der Waals surface area contributed by atoms with Crippen molar-refractivity contribution in [1.29, 1.82) is 0 Å². The van der Waals surface area contributed by atoms with Gasteiger partial charge < -0.3 is 19.1 Å². The van der Waals surface area contributed by atoms with Crippen molar-refractivity contribution in [2.45, 2.75) is 24.2 Å². The molecule has 3 aromatic carbocycles. The van der Waals surface area contributed by atoms with Gasteiger partial charge in [-0.2, -0.15) is 0 Å². The van der Waals surface area contributed by atoms with Crippen LogP contribution < -0.4 is 9.47 Å². The smallest absolute Gasteiger partial charge is 0.314 e. The number of benzene rings is 3. The summed E-state index contributed by atoms with van der Waals surface area (Å²) in [4.78, 5) is 29.8. The minimum Gasteiger partial charge on any atom is -0.497 e. The van der Waals surface area contributed by atoms with Crippen LogP contribution in [0, 0.1) is 11.3 Å². The molecule has 1 heterocycles. The maximum Gasteiger partial charge on any atom is 0.314 e. The predicted molar refractivity (Wildman–Crippen MR) is 149 cm³/mol. The van der Waals surface area contributed by atoms with Crippen LogP contribution in [-0.4, -0.2) is 51.2 Å². The molecule has 4 unspecified atom stereocenters. The fourth-order valence-electron chi connectivity index (χ4n) is 7.87. The van der Waals surface area contributed by atoms with Gasteiger partial charge in [-0.15, -0.1) is 0 Å². The summed E-state index contributed by atoms with van der Waals surface area (Å²) in [7, 11) is 4.70. The highest BCUT2D eigenvalue weighted by molar-refractivity contribution is 6.19. The molecule has 2 bridgehead atoms. The van der Waals surface area contributed by atoms with Gasteiger partial charge in [0.1, 0.15) is 11.5 Å². The third-order valence-corrected chi connectivity index (χ3v) is 9.49. The number of amides is 1. The van der Waals surface area contributed by atoms with Gasteiger partial charge in [-0.3, -0.25) is 9.59 Å². The topological polar surface area (TPSA) is 65.1 Å². The van der Waals surface area contributed by atoms with E-state index in [2.05, 4.69) is 36.9 Å². The molecule has 1 aliphatic heterocycles. The third-order valence-electron chi connectivity index (χ3n) is 9.49. The van der Waals surface area contributed by atoms with Crippen molar-refractivity contribution in [1.82, 2.24) is 4.90 Å². The number of fused-ring (bicyclic) bond motifs is 1. The maximum absolute atomic E-state index is 14.0. The number of nitrogens with zero attached hydrogens (tertiary/aromatic N) is 1. The molecule has 2 fully saturated rings. The van der Waals surface area contributed by atoms with Crippen molar-refractivity contribution in [3.63, 3.8) is 0 Å². The molecule has 4 aliphatic rings. The van der Waals surface area contributed by atoms with E-state index in [1.807, 2.05) is 47.4 Å². The van der Waals surface area contributed by atoms with Crippen molar-refractivity contribution in [3.05, 3.63) is 102 Å². The van der Waals surface area contributed by atoms with Crippen LogP contribution in [-0.2, 0) is 19.7 Å². The molecule has 0 aromatic heterocycles. The number of methoxy groups -OCH3 is 3. The van der Waals surface area contributed by atoms with Crippen LogP contribution in [0.3, 0.4) is 0 Å². The Balaban J connectivity index is 1.50. The fourth-order valence-corrected chi connectivity index (χ4v) is 7.87. The lowest BCUT2D eigenvalue weighted by molar-refractivity contribution is -0.161. The van der Waals surface area contributed by atoms with Crippen LogP contribution in [0.5, 0.6) is 11.5 Å². The third kappa shape index (κ3) is 3.40. The number of likely N-dealkylation sites (tertiary alicyclic amines) is 1. The van der Waals surface area contributed by atoms with Crippen LogP contribution in [0.1, 0.15) is 41.0 Å². The summed E-state index contributed by atoms with van der Waals surface area (Å²) in [6, 6.07) is 24.1. The predicted octanol–water partition coefficient (Wildman–Crippen LogP) is 5.21. The molecule has 7 rings (SSSR count). The van der Waals surface area contributed by atoms with Crippen LogP contribution in [0.4, 0.5) is 0 Å². The number of carbonyl (C=O) groups excluding carboxylic acids is 2. The van der Waals surface area contributed by atoms with Crippen LogP contribution in [0.15, 0.2) is 79.4 Å². The Morgan fingerprint density at radius 3 is 2.36 bits per heavy atom. The summed E-state index contributed by atoms with van der Waals surface area (Å²) >= 11 is 0. The largest absolute Gasteiger partial charge is 0.497 e. The number of carbonyl (C=O) groups is 2. The highest BCUT2D eigenvalue weighted by Crippen LogP contribution is 2.69. The lowest BCUT2D eigenvalue weighted by Crippen LogP contribution is -2.60. The SMILES string of the molecule is C=C(C(=O)N1CC2C3(c4ccc(OC)cc4)CCC(c4ccccc43)C2(C(=O)OC)C1)c1ccccc1OC. The quantitative estimate of drug-likeness (QED) is 0.328. The normalized spacial score (nSPS) is 26.4. The van der Waals surface area contributed by atoms with Gasteiger partial charge >= 0.3 is 5.97 Å². The molecule has 3 aromatic rings. The van der Waals surface area contributed by atoms with Crippen molar-refractivity contribution in [2.75, 3.05) is 34.4 Å². The Morgan fingerprint density at radius 2 is 1.64 bits per heavy atom. The van der Waals surface area contributed by atoms with Crippen molar-refractivity contribution < 1.29 is 23.8 Å². The van der Waals surface area contributed by atoms with Crippen LogP contribution in [0.25, 0.3) is 5.57 Å². The van der Waals surface area contributed by atoms with Crippen LogP contribution >= 0.6 is 0 Å². The van der Waals surface area contributed by atoms with Crippen molar-refractivity contribution in [3.8, 4) is 11.5 Å². The van der Waals surface area contributed by atoms with Gasteiger partial charge in [-0.05, 0) is 47.7 Å². The first-order valence-corrected chi connectivity index (χ1v) is 13.4. The van der Waals surface area contributed by atoms with Gasteiger partial charge in [0.15, 0.2) is 0 Å². The maximum atomic E-state index is 14.0. The molecular formula is C33H33NO5. The average molecular weight is 524 g/mol. The molecule has 1 saturated heterocycles. The Bertz CT molecular complexity index is 1460. The molecule has 39 heavy (non-hydrogen) atoms. The molecule has 6 nitrogen and oxygen atoms in total. The highest BCUT2D eigenvalue weighted by Gasteiger charge is 2.71. The number of ether oxygens (including phenoxy) is 3. The standard InChI is InChI=1S/C33H33NO5/c1-21(24-9-6-8-12-28(24)38-3)30(35)34-19-29-32(22-13-15-23(37-2)16-14-22)18-17-27(25-10-5-7-11-26(25)32)33(29,20-34)31(36)39-4/h5-16,27,29H,1,17-20H2,2-4H3. The Labute approximate surface area is 229 Å². The summed E-state index contributed by atoms with van der Waals surface area (Å²) in [5, 5.41) is 0. The van der Waals surface area contributed by atoms with Gasteiger partial charge in [-0.1, -0.05) is 61.2 Å². The van der Waals surface area contributed by atoms with E-state index in [9.17, 15) is 9.59 Å². The Morgan fingerprint density at radius 1 is 0.923 bits per heavy atom. The Hall–Kier alpha value is -4.06. The molecule has 4 atom stereocenters. The zero-order chi connectivity index (χ0) is 27.4. The minimum atomic E-state index is -0.863. The Kier molecular flexibility index (Phi) is 6.01. The second-order valence-electron chi connectivity index (χ2n) is 10.8. The summed E-state index contributed by atoms with van der Waals surface area (Å²) in [5.41, 5.74) is 3.25. The molecule has 6 heteroatoms. The summed E-state index contributed by atoms with van der Waals surface area (Å²) in [6.45, 7) is 4.89. The van der Waals surface area contributed by atoms with Gasteiger partial charge in [0.2, 0.25) is 0 Å². The lowest BCUT2D eigenvalue weighted by Gasteiger charge is -2.59. The number of hydrogen-bond acceptors (Lipinski definition) is 5. The molecule has 0 N–H and O–H groups in total. The fraction of sp³-hybridized carbons (Fsp3) is 0.333. The van der Waals surface area contributed by atoms with Crippen molar-refractivity contribution in [2.24, 2.45) is 11.3 Å². The van der Waals surface area contributed by atoms with E-state index in [4.69, 9.17) is 14.2 Å². The van der Waals surface area contributed by atoms with Gasteiger partial charge in [0.25, 0.3) is 5.91 Å². The highest BCUT2D eigenvalue weighted by atomic mass is 16.5. The first-order chi connectivity index (χ1) is 18.9. The summed E-state index contributed by atoms with van der Waals surface area (Å²) < 4.78 is 16.5. The number of para-hydroxylation sites is 1. The molecule has 200 valence electrons. The molecule has 1 saturated carbocycles. The van der Waals surface area contributed by atoms with E-state index in [1.54, 1.807) is 14.2 Å². The van der Waals surface area contributed by atoms with E-state index in [-0.39, 0.29) is 30.3 Å². The molecular weight excluding hydrogens is 490 g/mol. The first-order valence-electron chi connectivity index (χ1n) is 13.4. The van der Waals surface area contributed by atoms with E-state index < -0.39 is 10.8 Å². The van der Waals surface area contributed by atoms with Gasteiger partial charge in [0, 0.05) is 41.5 Å². The van der Waals surface area contributed by atoms with E-state index in [0.29, 0.717) is 23.4 Å².